The zero-order valence-electron chi connectivity index (χ0n) is 13.3. The maximum absolute atomic E-state index is 12.6. The van der Waals surface area contributed by atoms with E-state index in [9.17, 15) is 13.2 Å². The molecule has 0 radical (unpaired) electrons. The lowest BCUT2D eigenvalue weighted by Crippen LogP contribution is -2.40. The average Bonchev–Trinajstić information content (AvgIpc) is 2.92. The van der Waals surface area contributed by atoms with Gasteiger partial charge in [0.15, 0.2) is 17.3 Å². The molecule has 0 saturated carbocycles. The molecule has 3 heterocycles. The number of amidine groups is 1. The van der Waals surface area contributed by atoms with Crippen molar-refractivity contribution in [3.05, 3.63) is 48.0 Å². The third kappa shape index (κ3) is 2.93. The Bertz CT molecular complexity index is 1080. The van der Waals surface area contributed by atoms with Crippen LogP contribution >= 0.6 is 0 Å². The van der Waals surface area contributed by atoms with Crippen molar-refractivity contribution in [3.8, 4) is 0 Å². The third-order valence-electron chi connectivity index (χ3n) is 3.85. The first-order valence-electron chi connectivity index (χ1n) is 7.58. The number of allylic oxidation sites excluding steroid dienone is 2. The molecule has 2 aromatic rings. The standard InChI is InChI=1S/C16H14N4O4S/c1-10-17-13-9-11(4-5-14(13)24-10)18-16(21)12-3-2-6-20-7-8-25(22,23)19-15(12)20/h2-6,9H,7-8H2,1H3,(H,18,21). The molecule has 0 fully saturated rings. The van der Waals surface area contributed by atoms with Crippen LogP contribution in [0.15, 0.2) is 50.9 Å². The second-order valence-corrected chi connectivity index (χ2v) is 7.44. The Kier molecular flexibility index (Phi) is 3.46. The van der Waals surface area contributed by atoms with E-state index >= 15 is 0 Å². The number of hydrogen-bond acceptors (Lipinski definition) is 6. The number of carbonyl (C=O) groups is 1. The van der Waals surface area contributed by atoms with Crippen LogP contribution in [0.5, 0.6) is 0 Å². The Morgan fingerprint density at radius 2 is 2.20 bits per heavy atom. The van der Waals surface area contributed by atoms with Gasteiger partial charge in [-0.15, -0.1) is 4.40 Å². The number of amides is 1. The number of aromatic nitrogens is 1. The Morgan fingerprint density at radius 1 is 1.36 bits per heavy atom. The van der Waals surface area contributed by atoms with E-state index in [0.29, 0.717) is 22.7 Å². The number of benzene rings is 1. The zero-order valence-corrected chi connectivity index (χ0v) is 14.1. The predicted molar refractivity (Wildman–Crippen MR) is 92.5 cm³/mol. The number of oxazole rings is 1. The molecule has 8 nitrogen and oxygen atoms in total. The summed E-state index contributed by atoms with van der Waals surface area (Å²) in [6, 6.07) is 5.11. The highest BCUT2D eigenvalue weighted by molar-refractivity contribution is 7.90. The van der Waals surface area contributed by atoms with Gasteiger partial charge in [0.1, 0.15) is 5.52 Å². The second-order valence-electron chi connectivity index (χ2n) is 5.69. The van der Waals surface area contributed by atoms with Crippen LogP contribution in [0.3, 0.4) is 0 Å². The molecule has 0 spiro atoms. The van der Waals surface area contributed by atoms with Crippen LogP contribution in [0.2, 0.25) is 0 Å². The normalized spacial score (nSPS) is 18.5. The van der Waals surface area contributed by atoms with E-state index in [0.717, 1.165) is 0 Å². The van der Waals surface area contributed by atoms with Gasteiger partial charge >= 0.3 is 0 Å². The van der Waals surface area contributed by atoms with E-state index in [1.165, 1.54) is 0 Å². The maximum atomic E-state index is 12.6. The van der Waals surface area contributed by atoms with Crippen LogP contribution in [0.1, 0.15) is 5.89 Å². The molecule has 0 aliphatic carbocycles. The molecule has 1 aromatic carbocycles. The van der Waals surface area contributed by atoms with Crippen molar-refractivity contribution in [2.24, 2.45) is 4.40 Å². The number of rotatable bonds is 2. The number of aryl methyl sites for hydroxylation is 1. The smallest absolute Gasteiger partial charge is 0.259 e. The highest BCUT2D eigenvalue weighted by atomic mass is 32.2. The number of hydrogen-bond donors (Lipinski definition) is 1. The summed E-state index contributed by atoms with van der Waals surface area (Å²) >= 11 is 0. The summed E-state index contributed by atoms with van der Waals surface area (Å²) in [6.07, 6.45) is 4.94. The number of nitrogens with one attached hydrogen (secondary N) is 1. The number of anilines is 1. The minimum atomic E-state index is -3.55. The molecule has 128 valence electrons. The molecule has 25 heavy (non-hydrogen) atoms. The Labute approximate surface area is 143 Å². The SMILES string of the molecule is Cc1nc2cc(NC(=O)C3=CC=CN4CCS(=O)(=O)N=C34)ccc2o1. The number of nitrogens with zero attached hydrogens (tertiary/aromatic N) is 3. The predicted octanol–water partition coefficient (Wildman–Crippen LogP) is 1.57. The van der Waals surface area contributed by atoms with Gasteiger partial charge in [-0.05, 0) is 30.4 Å². The molecule has 2 aliphatic rings. The summed E-state index contributed by atoms with van der Waals surface area (Å²) < 4.78 is 32.7. The third-order valence-corrected chi connectivity index (χ3v) is 5.00. The molecule has 2 aliphatic heterocycles. The monoisotopic (exact) mass is 358 g/mol. The minimum Gasteiger partial charge on any atom is -0.441 e. The molecule has 1 N–H and O–H groups in total. The van der Waals surface area contributed by atoms with Gasteiger partial charge in [-0.3, -0.25) is 4.79 Å². The molecule has 0 bridgehead atoms. The van der Waals surface area contributed by atoms with E-state index in [1.54, 1.807) is 48.4 Å². The lowest BCUT2D eigenvalue weighted by atomic mass is 10.1. The van der Waals surface area contributed by atoms with Crippen LogP contribution in [-0.4, -0.2) is 42.3 Å². The van der Waals surface area contributed by atoms with Gasteiger partial charge in [-0.1, -0.05) is 0 Å². The summed E-state index contributed by atoms with van der Waals surface area (Å²) in [5, 5.41) is 2.75. The number of fused-ring (bicyclic) bond motifs is 2. The summed E-state index contributed by atoms with van der Waals surface area (Å²) in [7, 11) is -3.55. The minimum absolute atomic E-state index is 0.0715. The molecule has 4 rings (SSSR count). The van der Waals surface area contributed by atoms with Gasteiger partial charge in [-0.25, -0.2) is 13.4 Å². The van der Waals surface area contributed by atoms with Crippen molar-refractivity contribution < 1.29 is 17.6 Å². The summed E-state index contributed by atoms with van der Waals surface area (Å²) in [6.45, 7) is 2.01. The van der Waals surface area contributed by atoms with Crippen LogP contribution in [-0.2, 0) is 14.8 Å². The van der Waals surface area contributed by atoms with Crippen LogP contribution in [0.25, 0.3) is 11.1 Å². The largest absolute Gasteiger partial charge is 0.441 e. The quantitative estimate of drug-likeness (QED) is 0.874. The number of sulfonamides is 1. The number of carbonyl (C=O) groups excluding carboxylic acids is 1. The molecule has 0 unspecified atom stereocenters. The Balaban J connectivity index is 1.64. The van der Waals surface area contributed by atoms with E-state index in [2.05, 4.69) is 14.7 Å². The summed E-state index contributed by atoms with van der Waals surface area (Å²) in [5.41, 5.74) is 1.99. The molecule has 0 atom stereocenters. The highest BCUT2D eigenvalue weighted by Gasteiger charge is 2.30. The first kappa shape index (κ1) is 15.6. The highest BCUT2D eigenvalue weighted by Crippen LogP contribution is 2.22. The van der Waals surface area contributed by atoms with Crippen molar-refractivity contribution >= 4 is 38.6 Å². The molecule has 0 saturated heterocycles. The second kappa shape index (κ2) is 5.55. The fraction of sp³-hybridized carbons (Fsp3) is 0.188. The molecule has 1 aromatic heterocycles. The van der Waals surface area contributed by atoms with E-state index in [-0.39, 0.29) is 23.7 Å². The van der Waals surface area contributed by atoms with Crippen LogP contribution < -0.4 is 5.32 Å². The lowest BCUT2D eigenvalue weighted by molar-refractivity contribution is -0.112. The van der Waals surface area contributed by atoms with Crippen molar-refractivity contribution in [1.82, 2.24) is 9.88 Å². The van der Waals surface area contributed by atoms with E-state index < -0.39 is 15.9 Å². The van der Waals surface area contributed by atoms with Gasteiger partial charge in [0.2, 0.25) is 0 Å². The van der Waals surface area contributed by atoms with Crippen molar-refractivity contribution in [2.75, 3.05) is 17.6 Å². The fourth-order valence-corrected chi connectivity index (χ4v) is 3.70. The van der Waals surface area contributed by atoms with Crippen molar-refractivity contribution in [3.63, 3.8) is 0 Å². The fourth-order valence-electron chi connectivity index (χ4n) is 2.71. The van der Waals surface area contributed by atoms with Gasteiger partial charge in [-0.2, -0.15) is 0 Å². The van der Waals surface area contributed by atoms with E-state index in [4.69, 9.17) is 4.42 Å². The maximum Gasteiger partial charge on any atom is 0.259 e. The van der Waals surface area contributed by atoms with Gasteiger partial charge < -0.3 is 14.6 Å². The molecule has 1 amide bonds. The van der Waals surface area contributed by atoms with Gasteiger partial charge in [0.25, 0.3) is 15.9 Å². The Hall–Kier alpha value is -2.94. The van der Waals surface area contributed by atoms with Crippen molar-refractivity contribution in [1.29, 1.82) is 0 Å². The zero-order chi connectivity index (χ0) is 17.6. The average molecular weight is 358 g/mol. The molecular formula is C16H14N4O4S. The first-order valence-corrected chi connectivity index (χ1v) is 9.19. The summed E-state index contributed by atoms with van der Waals surface area (Å²) in [4.78, 5) is 18.5. The Morgan fingerprint density at radius 3 is 3.04 bits per heavy atom. The topological polar surface area (TPSA) is 105 Å². The van der Waals surface area contributed by atoms with Gasteiger partial charge in [0.05, 0.1) is 11.3 Å². The summed E-state index contributed by atoms with van der Waals surface area (Å²) in [5.74, 6) is 0.170. The van der Waals surface area contributed by atoms with Crippen LogP contribution in [0, 0.1) is 6.92 Å². The van der Waals surface area contributed by atoms with Crippen molar-refractivity contribution in [2.45, 2.75) is 6.92 Å². The van der Waals surface area contributed by atoms with E-state index in [1.807, 2.05) is 0 Å². The van der Waals surface area contributed by atoms with Gasteiger partial charge in [0, 0.05) is 25.4 Å². The lowest BCUT2D eigenvalue weighted by Gasteiger charge is -2.28. The first-order chi connectivity index (χ1) is 11.9. The van der Waals surface area contributed by atoms with Crippen LogP contribution in [0.4, 0.5) is 5.69 Å². The molecule has 9 heteroatoms. The molecular weight excluding hydrogens is 344 g/mol.